The molecule has 0 aromatic heterocycles. The summed E-state index contributed by atoms with van der Waals surface area (Å²) >= 11 is 0. The molecule has 0 bridgehead atoms. The molecule has 2 aromatic rings. The third-order valence-corrected chi connectivity index (χ3v) is 2.88. The highest BCUT2D eigenvalue weighted by Crippen LogP contribution is 2.32. The summed E-state index contributed by atoms with van der Waals surface area (Å²) in [6, 6.07) is 12.8. The third kappa shape index (κ3) is 3.35. The van der Waals surface area contributed by atoms with Gasteiger partial charge in [0.2, 0.25) is 0 Å². The Kier molecular flexibility index (Phi) is 3.90. The lowest BCUT2D eigenvalue weighted by atomic mass is 10.00. The van der Waals surface area contributed by atoms with Crippen LogP contribution in [-0.2, 0) is 12.6 Å². The number of hydrogen-bond acceptors (Lipinski definition) is 1. The SMILES string of the molecule is NCCc1cccc(-c2cccc(C(F)(F)F)c2)c1. The zero-order chi connectivity index (χ0) is 13.9. The Labute approximate surface area is 109 Å². The van der Waals surface area contributed by atoms with E-state index in [0.29, 0.717) is 18.5 Å². The molecule has 2 N–H and O–H groups in total. The molecule has 0 spiro atoms. The van der Waals surface area contributed by atoms with Gasteiger partial charge in [0.1, 0.15) is 0 Å². The van der Waals surface area contributed by atoms with Gasteiger partial charge in [0.15, 0.2) is 0 Å². The van der Waals surface area contributed by atoms with Gasteiger partial charge in [0.05, 0.1) is 5.56 Å². The molecule has 0 aliphatic rings. The normalized spacial score (nSPS) is 11.6. The van der Waals surface area contributed by atoms with Crippen molar-refractivity contribution in [1.82, 2.24) is 0 Å². The average molecular weight is 265 g/mol. The Hall–Kier alpha value is -1.81. The highest BCUT2D eigenvalue weighted by atomic mass is 19.4. The molecule has 0 saturated heterocycles. The number of hydrogen-bond donors (Lipinski definition) is 1. The molecule has 4 heteroatoms. The van der Waals surface area contributed by atoms with Crippen molar-refractivity contribution >= 4 is 0 Å². The molecule has 0 unspecified atom stereocenters. The molecule has 0 aliphatic heterocycles. The largest absolute Gasteiger partial charge is 0.416 e. The maximum absolute atomic E-state index is 12.7. The van der Waals surface area contributed by atoms with Gasteiger partial charge in [0, 0.05) is 0 Å². The monoisotopic (exact) mass is 265 g/mol. The van der Waals surface area contributed by atoms with E-state index in [1.165, 1.54) is 12.1 Å². The molecule has 0 amide bonds. The number of alkyl halides is 3. The minimum Gasteiger partial charge on any atom is -0.330 e. The first-order valence-corrected chi connectivity index (χ1v) is 5.97. The van der Waals surface area contributed by atoms with E-state index < -0.39 is 11.7 Å². The van der Waals surface area contributed by atoms with Crippen molar-refractivity contribution in [3.63, 3.8) is 0 Å². The maximum Gasteiger partial charge on any atom is 0.416 e. The van der Waals surface area contributed by atoms with Crippen LogP contribution in [0.2, 0.25) is 0 Å². The minimum absolute atomic E-state index is 0.520. The lowest BCUT2D eigenvalue weighted by Crippen LogP contribution is -2.04. The third-order valence-electron chi connectivity index (χ3n) is 2.88. The predicted octanol–water partition coefficient (Wildman–Crippen LogP) is 3.87. The van der Waals surface area contributed by atoms with Crippen LogP contribution in [0.25, 0.3) is 11.1 Å². The molecule has 0 aliphatic carbocycles. The zero-order valence-corrected chi connectivity index (χ0v) is 10.2. The van der Waals surface area contributed by atoms with Gasteiger partial charge in [-0.05, 0) is 41.8 Å². The highest BCUT2D eigenvalue weighted by molar-refractivity contribution is 5.65. The van der Waals surface area contributed by atoms with Crippen molar-refractivity contribution in [2.75, 3.05) is 6.54 Å². The van der Waals surface area contributed by atoms with E-state index in [4.69, 9.17) is 5.73 Å². The Balaban J connectivity index is 2.39. The van der Waals surface area contributed by atoms with E-state index in [-0.39, 0.29) is 0 Å². The minimum atomic E-state index is -4.31. The van der Waals surface area contributed by atoms with E-state index in [2.05, 4.69) is 0 Å². The Morgan fingerprint density at radius 3 is 2.16 bits per heavy atom. The van der Waals surface area contributed by atoms with Crippen molar-refractivity contribution in [3.8, 4) is 11.1 Å². The van der Waals surface area contributed by atoms with E-state index in [0.717, 1.165) is 17.2 Å². The molecule has 2 aromatic carbocycles. The first-order chi connectivity index (χ1) is 9.00. The molecular weight excluding hydrogens is 251 g/mol. The van der Waals surface area contributed by atoms with Gasteiger partial charge in [-0.1, -0.05) is 36.4 Å². The molecule has 19 heavy (non-hydrogen) atoms. The molecule has 0 atom stereocenters. The fourth-order valence-electron chi connectivity index (χ4n) is 1.95. The molecule has 2 rings (SSSR count). The zero-order valence-electron chi connectivity index (χ0n) is 10.2. The smallest absolute Gasteiger partial charge is 0.330 e. The summed E-state index contributed by atoms with van der Waals surface area (Å²) in [6.07, 6.45) is -3.60. The van der Waals surface area contributed by atoms with E-state index in [1.54, 1.807) is 12.1 Å². The summed E-state index contributed by atoms with van der Waals surface area (Å²) in [5.74, 6) is 0. The second kappa shape index (κ2) is 5.45. The van der Waals surface area contributed by atoms with Gasteiger partial charge in [-0.15, -0.1) is 0 Å². The lowest BCUT2D eigenvalue weighted by molar-refractivity contribution is -0.137. The van der Waals surface area contributed by atoms with Crippen LogP contribution in [0.4, 0.5) is 13.2 Å². The fraction of sp³-hybridized carbons (Fsp3) is 0.200. The van der Waals surface area contributed by atoms with Gasteiger partial charge >= 0.3 is 6.18 Å². The van der Waals surface area contributed by atoms with Crippen molar-refractivity contribution in [1.29, 1.82) is 0 Å². The topological polar surface area (TPSA) is 26.0 Å². The van der Waals surface area contributed by atoms with Crippen LogP contribution in [0.5, 0.6) is 0 Å². The van der Waals surface area contributed by atoms with Crippen LogP contribution >= 0.6 is 0 Å². The van der Waals surface area contributed by atoms with E-state index in [1.807, 2.05) is 18.2 Å². The molecule has 0 heterocycles. The molecule has 0 fully saturated rings. The Bertz CT molecular complexity index is 561. The summed E-state index contributed by atoms with van der Waals surface area (Å²) in [5.41, 5.74) is 7.22. The van der Waals surface area contributed by atoms with Crippen molar-refractivity contribution in [3.05, 3.63) is 59.7 Å². The second-order valence-corrected chi connectivity index (χ2v) is 4.32. The summed E-state index contributed by atoms with van der Waals surface area (Å²) in [7, 11) is 0. The van der Waals surface area contributed by atoms with Gasteiger partial charge in [-0.2, -0.15) is 13.2 Å². The van der Waals surface area contributed by atoms with Gasteiger partial charge in [0.25, 0.3) is 0 Å². The predicted molar refractivity (Wildman–Crippen MR) is 69.6 cm³/mol. The van der Waals surface area contributed by atoms with Crippen LogP contribution in [0.15, 0.2) is 48.5 Å². The molecule has 100 valence electrons. The van der Waals surface area contributed by atoms with Gasteiger partial charge in [-0.25, -0.2) is 0 Å². The summed E-state index contributed by atoms with van der Waals surface area (Å²) in [6.45, 7) is 0.520. The van der Waals surface area contributed by atoms with E-state index >= 15 is 0 Å². The maximum atomic E-state index is 12.7. The summed E-state index contributed by atoms with van der Waals surface area (Å²) in [5, 5.41) is 0. The number of rotatable bonds is 3. The highest BCUT2D eigenvalue weighted by Gasteiger charge is 2.30. The standard InChI is InChI=1S/C15H14F3N/c16-15(17,18)14-6-2-5-13(10-14)12-4-1-3-11(9-12)7-8-19/h1-6,9-10H,7-8,19H2. The summed E-state index contributed by atoms with van der Waals surface area (Å²) in [4.78, 5) is 0. The quantitative estimate of drug-likeness (QED) is 0.895. The van der Waals surface area contributed by atoms with Crippen LogP contribution in [0, 0.1) is 0 Å². The number of halogens is 3. The molecule has 0 radical (unpaired) electrons. The number of benzene rings is 2. The number of nitrogens with two attached hydrogens (primary N) is 1. The van der Waals surface area contributed by atoms with Crippen LogP contribution in [0.3, 0.4) is 0 Å². The van der Waals surface area contributed by atoms with Gasteiger partial charge < -0.3 is 5.73 Å². The van der Waals surface area contributed by atoms with Crippen molar-refractivity contribution in [2.45, 2.75) is 12.6 Å². The summed E-state index contributed by atoms with van der Waals surface area (Å²) < 4.78 is 38.0. The first kappa shape index (κ1) is 13.6. The lowest BCUT2D eigenvalue weighted by Gasteiger charge is -2.09. The van der Waals surface area contributed by atoms with Gasteiger partial charge in [-0.3, -0.25) is 0 Å². The molecule has 0 saturated carbocycles. The molecule has 1 nitrogen and oxygen atoms in total. The molecular formula is C15H14F3N. The fourth-order valence-corrected chi connectivity index (χ4v) is 1.95. The average Bonchev–Trinajstić information content (AvgIpc) is 2.39. The van der Waals surface area contributed by atoms with Crippen LogP contribution in [-0.4, -0.2) is 6.54 Å². The van der Waals surface area contributed by atoms with Crippen LogP contribution in [0.1, 0.15) is 11.1 Å². The van der Waals surface area contributed by atoms with Crippen molar-refractivity contribution in [2.24, 2.45) is 5.73 Å². The Morgan fingerprint density at radius 2 is 1.53 bits per heavy atom. The van der Waals surface area contributed by atoms with Crippen LogP contribution < -0.4 is 5.73 Å². The second-order valence-electron chi connectivity index (χ2n) is 4.32. The Morgan fingerprint density at radius 1 is 0.895 bits per heavy atom. The first-order valence-electron chi connectivity index (χ1n) is 5.97. The van der Waals surface area contributed by atoms with E-state index in [9.17, 15) is 13.2 Å². The van der Waals surface area contributed by atoms with Crippen molar-refractivity contribution < 1.29 is 13.2 Å².